The topological polar surface area (TPSA) is 27.0 Å². The molecule has 2 aliphatic heterocycles. The van der Waals surface area contributed by atoms with E-state index in [1.165, 1.54) is 30.5 Å². The largest absolute Gasteiger partial charge is 0.345 e. The number of nitriles is 1. The number of rotatable bonds is 3. The van der Waals surface area contributed by atoms with E-state index in [0.29, 0.717) is 0 Å². The molecule has 0 amide bonds. The van der Waals surface area contributed by atoms with E-state index in [-0.39, 0.29) is 6.71 Å². The van der Waals surface area contributed by atoms with Gasteiger partial charge in [-0.2, -0.15) is 0 Å². The van der Waals surface area contributed by atoms with Crippen molar-refractivity contribution in [2.24, 2.45) is 5.92 Å². The van der Waals surface area contributed by atoms with E-state index in [9.17, 15) is 5.26 Å². The van der Waals surface area contributed by atoms with Gasteiger partial charge in [0.1, 0.15) is 0 Å². The lowest BCUT2D eigenvalue weighted by Crippen LogP contribution is -2.36. The number of hydrogen-bond acceptors (Lipinski definition) is 2. The van der Waals surface area contributed by atoms with Gasteiger partial charge in [0.05, 0.1) is 0 Å². The normalized spacial score (nSPS) is 20.8. The Morgan fingerprint density at radius 2 is 2.20 bits per heavy atom. The van der Waals surface area contributed by atoms with Gasteiger partial charge in [0.2, 0.25) is 0 Å². The molecule has 0 unspecified atom stereocenters. The van der Waals surface area contributed by atoms with Gasteiger partial charge in [-0.15, -0.1) is 0 Å². The Bertz CT molecular complexity index is 813. The second-order valence-electron chi connectivity index (χ2n) is 7.46. The summed E-state index contributed by atoms with van der Waals surface area (Å²) in [4.78, 5) is 2.45. The van der Waals surface area contributed by atoms with Crippen LogP contribution in [0.4, 0.5) is 0 Å². The van der Waals surface area contributed by atoms with Crippen LogP contribution in [0.25, 0.3) is 5.57 Å². The molecule has 3 aliphatic rings. The Labute approximate surface area is 155 Å². The molecule has 1 aromatic carbocycles. The van der Waals surface area contributed by atoms with Crippen LogP contribution in [0, 0.1) is 17.1 Å². The fraction of sp³-hybridized carbons (Fsp3) is 0.381. The summed E-state index contributed by atoms with van der Waals surface area (Å²) in [6.07, 6.45) is 9.05. The third-order valence-electron chi connectivity index (χ3n) is 5.83. The SMILES string of the molecule is C=C1C(c2cccc(Cl)c2)=CC2=C(CCB(C#N)C2)N1CC1CCC1. The minimum absolute atomic E-state index is 0.132. The first kappa shape index (κ1) is 16.5. The van der Waals surface area contributed by atoms with E-state index < -0.39 is 0 Å². The van der Waals surface area contributed by atoms with Crippen LogP contribution >= 0.6 is 11.6 Å². The van der Waals surface area contributed by atoms with Gasteiger partial charge >= 0.3 is 0 Å². The Morgan fingerprint density at radius 1 is 1.36 bits per heavy atom. The average Bonchev–Trinajstić information content (AvgIpc) is 2.58. The van der Waals surface area contributed by atoms with Gasteiger partial charge in [0.25, 0.3) is 6.71 Å². The van der Waals surface area contributed by atoms with Crippen LogP contribution in [0.15, 0.2) is 53.9 Å². The van der Waals surface area contributed by atoms with Crippen molar-refractivity contribution in [1.29, 1.82) is 5.26 Å². The van der Waals surface area contributed by atoms with E-state index in [1.807, 2.05) is 18.2 Å². The third-order valence-corrected chi connectivity index (χ3v) is 6.07. The summed E-state index contributed by atoms with van der Waals surface area (Å²) in [5.41, 5.74) is 6.07. The molecule has 0 aromatic heterocycles. The predicted octanol–water partition coefficient (Wildman–Crippen LogP) is 5.57. The molecule has 1 aromatic rings. The Kier molecular flexibility index (Phi) is 4.48. The Balaban J connectivity index is 1.73. The van der Waals surface area contributed by atoms with E-state index >= 15 is 0 Å². The fourth-order valence-electron chi connectivity index (χ4n) is 4.14. The van der Waals surface area contributed by atoms with E-state index in [2.05, 4.69) is 29.6 Å². The van der Waals surface area contributed by atoms with Crippen LogP contribution in [-0.4, -0.2) is 18.2 Å². The van der Waals surface area contributed by atoms with Gasteiger partial charge in [-0.1, -0.05) is 43.1 Å². The number of benzene rings is 1. The molecule has 25 heavy (non-hydrogen) atoms. The van der Waals surface area contributed by atoms with Crippen LogP contribution in [0.3, 0.4) is 0 Å². The van der Waals surface area contributed by atoms with Crippen LogP contribution in [0.2, 0.25) is 17.7 Å². The molecular weight excluding hydrogens is 327 g/mol. The highest BCUT2D eigenvalue weighted by atomic mass is 35.5. The predicted molar refractivity (Wildman–Crippen MR) is 105 cm³/mol. The number of allylic oxidation sites excluding steroid dienone is 4. The summed E-state index contributed by atoms with van der Waals surface area (Å²) < 4.78 is 0. The molecule has 1 fully saturated rings. The van der Waals surface area contributed by atoms with Crippen molar-refractivity contribution < 1.29 is 0 Å². The molecule has 126 valence electrons. The van der Waals surface area contributed by atoms with Crippen LogP contribution < -0.4 is 0 Å². The molecule has 0 radical (unpaired) electrons. The summed E-state index contributed by atoms with van der Waals surface area (Å²) in [6.45, 7) is 5.63. The molecule has 0 saturated heterocycles. The molecule has 2 heterocycles. The van der Waals surface area contributed by atoms with Crippen LogP contribution in [0.5, 0.6) is 0 Å². The summed E-state index contributed by atoms with van der Waals surface area (Å²) in [7, 11) is 0. The first-order valence-electron chi connectivity index (χ1n) is 9.22. The van der Waals surface area contributed by atoms with Crippen molar-refractivity contribution in [2.45, 2.75) is 38.3 Å². The molecule has 4 heteroatoms. The first-order chi connectivity index (χ1) is 12.2. The third kappa shape index (κ3) is 3.16. The van der Waals surface area contributed by atoms with Gasteiger partial charge in [-0.25, -0.2) is 5.26 Å². The lowest BCUT2D eigenvalue weighted by Gasteiger charge is -2.41. The zero-order valence-corrected chi connectivity index (χ0v) is 15.2. The second kappa shape index (κ2) is 6.77. The highest BCUT2D eigenvalue weighted by Crippen LogP contribution is 2.42. The van der Waals surface area contributed by atoms with Crippen molar-refractivity contribution in [3.63, 3.8) is 0 Å². The lowest BCUT2D eigenvalue weighted by molar-refractivity contribution is 0.239. The molecule has 0 bridgehead atoms. The standard InChI is InChI=1S/C21H22BClN2/c1-15-20(17-6-3-7-19(23)10-17)11-18-12-22(14-24)9-8-21(18)25(15)13-16-4-2-5-16/h3,6-7,10-11,16H,1-2,4-5,8-9,12-13H2. The maximum absolute atomic E-state index is 9.37. The minimum atomic E-state index is 0.132. The molecular formula is C21H22BClN2. The molecule has 0 spiro atoms. The van der Waals surface area contributed by atoms with Gasteiger partial charge in [0.15, 0.2) is 0 Å². The van der Waals surface area contributed by atoms with Gasteiger partial charge in [-0.05, 0) is 60.8 Å². The van der Waals surface area contributed by atoms with Crippen LogP contribution in [0.1, 0.15) is 31.2 Å². The van der Waals surface area contributed by atoms with Crippen molar-refractivity contribution in [1.82, 2.24) is 4.90 Å². The van der Waals surface area contributed by atoms with Crippen molar-refractivity contribution in [3.8, 4) is 5.97 Å². The monoisotopic (exact) mass is 348 g/mol. The first-order valence-corrected chi connectivity index (χ1v) is 9.59. The smallest absolute Gasteiger partial charge is 0.272 e. The average molecular weight is 349 g/mol. The lowest BCUT2D eigenvalue weighted by atomic mass is 9.42. The van der Waals surface area contributed by atoms with Crippen molar-refractivity contribution >= 4 is 23.9 Å². The maximum Gasteiger partial charge on any atom is 0.272 e. The van der Waals surface area contributed by atoms with Crippen LogP contribution in [-0.2, 0) is 0 Å². The quantitative estimate of drug-likeness (QED) is 0.668. The summed E-state index contributed by atoms with van der Waals surface area (Å²) in [5, 5.41) is 10.1. The molecule has 4 rings (SSSR count). The van der Waals surface area contributed by atoms with Gasteiger partial charge in [-0.3, -0.25) is 0 Å². The molecule has 0 N–H and O–H groups in total. The van der Waals surface area contributed by atoms with E-state index in [4.69, 9.17) is 11.6 Å². The molecule has 1 aliphatic carbocycles. The number of halogens is 1. The van der Waals surface area contributed by atoms with Gasteiger partial charge < -0.3 is 4.90 Å². The summed E-state index contributed by atoms with van der Waals surface area (Å²) in [5.74, 6) is 3.24. The number of nitrogens with zero attached hydrogens (tertiary/aromatic N) is 2. The van der Waals surface area contributed by atoms with E-state index in [0.717, 1.165) is 53.4 Å². The van der Waals surface area contributed by atoms with Gasteiger partial charge in [0, 0.05) is 34.5 Å². The highest BCUT2D eigenvalue weighted by molar-refractivity contribution is 6.67. The zero-order chi connectivity index (χ0) is 17.4. The Morgan fingerprint density at radius 3 is 2.88 bits per heavy atom. The van der Waals surface area contributed by atoms with Crippen molar-refractivity contribution in [2.75, 3.05) is 6.54 Å². The molecule has 1 saturated carbocycles. The Hall–Kier alpha value is -1.92. The highest BCUT2D eigenvalue weighted by Gasteiger charge is 2.33. The summed E-state index contributed by atoms with van der Waals surface area (Å²) in [6, 6.07) is 8.00. The number of hydrogen-bond donors (Lipinski definition) is 0. The maximum atomic E-state index is 9.37. The van der Waals surface area contributed by atoms with Crippen molar-refractivity contribution in [3.05, 3.63) is 64.5 Å². The van der Waals surface area contributed by atoms with E-state index in [1.54, 1.807) is 0 Å². The second-order valence-corrected chi connectivity index (χ2v) is 7.90. The molecule has 0 atom stereocenters. The summed E-state index contributed by atoms with van der Waals surface area (Å²) >= 11 is 6.22. The minimum Gasteiger partial charge on any atom is -0.345 e. The zero-order valence-electron chi connectivity index (χ0n) is 14.5. The fourth-order valence-corrected chi connectivity index (χ4v) is 4.33. The molecule has 2 nitrogen and oxygen atoms in total.